The van der Waals surface area contributed by atoms with Gasteiger partial charge in [-0.15, -0.1) is 0 Å². The zero-order chi connectivity index (χ0) is 23.1. The van der Waals surface area contributed by atoms with Crippen molar-refractivity contribution in [3.63, 3.8) is 0 Å². The average Bonchev–Trinajstić information content (AvgIpc) is 2.80. The first-order valence-corrected chi connectivity index (χ1v) is 10.9. The lowest BCUT2D eigenvalue weighted by Gasteiger charge is -2.31. The van der Waals surface area contributed by atoms with Crippen LogP contribution in [0.4, 0.5) is 11.4 Å². The normalized spacial score (nSPS) is 13.5. The van der Waals surface area contributed by atoms with Gasteiger partial charge in [0.25, 0.3) is 5.91 Å². The average molecular weight is 465 g/mol. The van der Waals surface area contributed by atoms with Crippen LogP contribution in [0.2, 0.25) is 5.02 Å². The first-order valence-electron chi connectivity index (χ1n) is 10.5. The molecule has 1 heterocycles. The molecule has 174 valence electrons. The second-order valence-electron chi connectivity index (χ2n) is 6.93. The van der Waals surface area contributed by atoms with E-state index in [1.54, 1.807) is 12.1 Å². The fraction of sp³-hybridized carbons (Fsp3) is 0.435. The molecular formula is C23H29ClN2O6. The van der Waals surface area contributed by atoms with Crippen LogP contribution in [-0.2, 0) is 4.74 Å². The van der Waals surface area contributed by atoms with Crippen molar-refractivity contribution in [2.45, 2.75) is 13.8 Å². The number of amides is 1. The predicted octanol–water partition coefficient (Wildman–Crippen LogP) is 4.24. The van der Waals surface area contributed by atoms with Crippen LogP contribution in [0.3, 0.4) is 0 Å². The Morgan fingerprint density at radius 2 is 1.69 bits per heavy atom. The summed E-state index contributed by atoms with van der Waals surface area (Å²) in [4.78, 5) is 15.2. The fourth-order valence-corrected chi connectivity index (χ4v) is 3.78. The number of anilines is 2. The third-order valence-corrected chi connectivity index (χ3v) is 5.24. The molecule has 3 rings (SSSR count). The standard InChI is InChI=1S/C23H29ClN2O6/c1-5-31-19-14-18(26-7-9-30-10-8-26)20(32-6-2)13-17(19)25-23(27)15-11-16(24)22(29-4)21(12-15)28-3/h11-14H,5-10H2,1-4H3,(H,25,27). The summed E-state index contributed by atoms with van der Waals surface area (Å²) in [5.74, 6) is 1.59. The summed E-state index contributed by atoms with van der Waals surface area (Å²) >= 11 is 6.27. The molecule has 8 nitrogen and oxygen atoms in total. The maximum Gasteiger partial charge on any atom is 0.255 e. The maximum absolute atomic E-state index is 13.1. The molecule has 1 fully saturated rings. The molecule has 2 aromatic carbocycles. The molecule has 0 radical (unpaired) electrons. The molecule has 0 aliphatic carbocycles. The van der Waals surface area contributed by atoms with Gasteiger partial charge in [0.1, 0.15) is 11.5 Å². The number of hydrogen-bond donors (Lipinski definition) is 1. The highest BCUT2D eigenvalue weighted by atomic mass is 35.5. The second-order valence-corrected chi connectivity index (χ2v) is 7.34. The highest BCUT2D eigenvalue weighted by Gasteiger charge is 2.22. The molecule has 0 saturated carbocycles. The molecule has 1 N–H and O–H groups in total. The molecule has 32 heavy (non-hydrogen) atoms. The topological polar surface area (TPSA) is 78.5 Å². The van der Waals surface area contributed by atoms with Crippen LogP contribution in [0.15, 0.2) is 24.3 Å². The molecule has 1 aliphatic heterocycles. The van der Waals surface area contributed by atoms with Gasteiger partial charge in [0.05, 0.1) is 57.0 Å². The summed E-state index contributed by atoms with van der Waals surface area (Å²) in [6.45, 7) is 7.55. The third kappa shape index (κ3) is 5.31. The molecular weight excluding hydrogens is 436 g/mol. The number of nitrogens with zero attached hydrogens (tertiary/aromatic N) is 1. The smallest absolute Gasteiger partial charge is 0.255 e. The highest BCUT2D eigenvalue weighted by Crippen LogP contribution is 2.40. The minimum Gasteiger partial charge on any atom is -0.493 e. The first kappa shape index (κ1) is 23.8. The quantitative estimate of drug-likeness (QED) is 0.594. The zero-order valence-electron chi connectivity index (χ0n) is 18.8. The maximum atomic E-state index is 13.1. The minimum absolute atomic E-state index is 0.278. The van der Waals surface area contributed by atoms with Crippen molar-refractivity contribution in [1.29, 1.82) is 0 Å². The molecule has 0 unspecified atom stereocenters. The van der Waals surface area contributed by atoms with E-state index in [2.05, 4.69) is 10.2 Å². The summed E-state index contributed by atoms with van der Waals surface area (Å²) in [6.07, 6.45) is 0. The van der Waals surface area contributed by atoms with Gasteiger partial charge in [-0.25, -0.2) is 0 Å². The molecule has 1 aliphatic rings. The van der Waals surface area contributed by atoms with E-state index in [1.807, 2.05) is 19.9 Å². The summed E-state index contributed by atoms with van der Waals surface area (Å²) in [5, 5.41) is 3.19. The second kappa shape index (κ2) is 11.2. The number of halogens is 1. The van der Waals surface area contributed by atoms with Gasteiger partial charge in [-0.3, -0.25) is 4.79 Å². The number of benzene rings is 2. The van der Waals surface area contributed by atoms with Crippen LogP contribution in [0.1, 0.15) is 24.2 Å². The molecule has 2 aromatic rings. The van der Waals surface area contributed by atoms with E-state index >= 15 is 0 Å². The van der Waals surface area contributed by atoms with Gasteiger partial charge < -0.3 is 33.9 Å². The number of nitrogens with one attached hydrogen (secondary N) is 1. The number of morpholine rings is 1. The van der Waals surface area contributed by atoms with Crippen LogP contribution in [0.25, 0.3) is 0 Å². The van der Waals surface area contributed by atoms with Crippen molar-refractivity contribution in [1.82, 2.24) is 0 Å². The van der Waals surface area contributed by atoms with Gasteiger partial charge in [0, 0.05) is 30.8 Å². The Hall–Kier alpha value is -2.84. The van der Waals surface area contributed by atoms with Crippen LogP contribution < -0.4 is 29.2 Å². The third-order valence-electron chi connectivity index (χ3n) is 4.96. The van der Waals surface area contributed by atoms with Gasteiger partial charge in [-0.1, -0.05) is 11.6 Å². The van der Waals surface area contributed by atoms with Crippen molar-refractivity contribution < 1.29 is 28.5 Å². The Kier molecular flexibility index (Phi) is 8.30. The van der Waals surface area contributed by atoms with Gasteiger partial charge in [-0.05, 0) is 26.0 Å². The van der Waals surface area contributed by atoms with Gasteiger partial charge in [0.2, 0.25) is 0 Å². The van der Waals surface area contributed by atoms with E-state index in [0.29, 0.717) is 60.7 Å². The molecule has 1 saturated heterocycles. The zero-order valence-corrected chi connectivity index (χ0v) is 19.6. The highest BCUT2D eigenvalue weighted by molar-refractivity contribution is 6.32. The van der Waals surface area contributed by atoms with Gasteiger partial charge in [-0.2, -0.15) is 0 Å². The summed E-state index contributed by atoms with van der Waals surface area (Å²) in [5.41, 5.74) is 1.74. The number of carbonyl (C=O) groups is 1. The number of methoxy groups -OCH3 is 2. The van der Waals surface area contributed by atoms with E-state index in [4.69, 9.17) is 35.3 Å². The largest absolute Gasteiger partial charge is 0.493 e. The van der Waals surface area contributed by atoms with Crippen molar-refractivity contribution in [3.05, 3.63) is 34.9 Å². The van der Waals surface area contributed by atoms with Crippen LogP contribution >= 0.6 is 11.6 Å². The number of carbonyl (C=O) groups excluding carboxylic acids is 1. The van der Waals surface area contributed by atoms with E-state index in [0.717, 1.165) is 18.8 Å². The summed E-state index contributed by atoms with van der Waals surface area (Å²) in [6, 6.07) is 6.80. The molecule has 0 aromatic heterocycles. The molecule has 0 atom stereocenters. The Bertz CT molecular complexity index is 947. The fourth-order valence-electron chi connectivity index (χ4n) is 3.49. The van der Waals surface area contributed by atoms with Crippen molar-refractivity contribution >= 4 is 28.9 Å². The Morgan fingerprint density at radius 1 is 1.00 bits per heavy atom. The van der Waals surface area contributed by atoms with E-state index < -0.39 is 0 Å². The molecule has 9 heteroatoms. The minimum atomic E-state index is -0.365. The van der Waals surface area contributed by atoms with Gasteiger partial charge in [0.15, 0.2) is 11.5 Å². The Labute approximate surface area is 193 Å². The lowest BCUT2D eigenvalue weighted by atomic mass is 10.1. The molecule has 0 spiro atoms. The number of ether oxygens (including phenoxy) is 5. The Balaban J connectivity index is 1.96. The van der Waals surface area contributed by atoms with Crippen molar-refractivity contribution in [2.75, 3.05) is 64.0 Å². The summed E-state index contributed by atoms with van der Waals surface area (Å²) in [7, 11) is 2.98. The van der Waals surface area contributed by atoms with E-state index in [1.165, 1.54) is 20.3 Å². The molecule has 1 amide bonds. The van der Waals surface area contributed by atoms with Crippen molar-refractivity contribution in [2.24, 2.45) is 0 Å². The summed E-state index contributed by atoms with van der Waals surface area (Å²) < 4.78 is 27.8. The van der Waals surface area contributed by atoms with Gasteiger partial charge >= 0.3 is 0 Å². The Morgan fingerprint density at radius 3 is 2.31 bits per heavy atom. The van der Waals surface area contributed by atoms with Crippen LogP contribution in [-0.4, -0.2) is 59.6 Å². The SMILES string of the molecule is CCOc1cc(N2CCOCC2)c(OCC)cc1NC(=O)c1cc(Cl)c(OC)c(OC)c1. The van der Waals surface area contributed by atoms with Crippen LogP contribution in [0, 0.1) is 0 Å². The number of hydrogen-bond acceptors (Lipinski definition) is 7. The lowest BCUT2D eigenvalue weighted by molar-refractivity contribution is 0.102. The van der Waals surface area contributed by atoms with E-state index in [-0.39, 0.29) is 10.9 Å². The molecule has 0 bridgehead atoms. The van der Waals surface area contributed by atoms with Crippen LogP contribution in [0.5, 0.6) is 23.0 Å². The lowest BCUT2D eigenvalue weighted by Crippen LogP contribution is -2.36. The first-order chi connectivity index (χ1) is 15.5. The van der Waals surface area contributed by atoms with E-state index in [9.17, 15) is 4.79 Å². The monoisotopic (exact) mass is 464 g/mol. The number of rotatable bonds is 9. The van der Waals surface area contributed by atoms with Crippen molar-refractivity contribution in [3.8, 4) is 23.0 Å². The predicted molar refractivity (Wildman–Crippen MR) is 124 cm³/mol.